The molecule has 2 aromatic carbocycles. The number of aliphatic imine (C=N–C) groups is 1. The van der Waals surface area contributed by atoms with Gasteiger partial charge in [0, 0.05) is 24.1 Å². The number of esters is 2. The molecule has 0 aliphatic carbocycles. The number of carbonyl (C=O) groups is 2. The molecule has 0 bridgehead atoms. The van der Waals surface area contributed by atoms with Gasteiger partial charge in [-0.2, -0.15) is 0 Å². The van der Waals surface area contributed by atoms with Crippen LogP contribution in [0, 0.1) is 17.0 Å². The number of aryl methyl sites for hydroxylation is 1. The normalized spacial score (nSPS) is 14.3. The van der Waals surface area contributed by atoms with Crippen molar-refractivity contribution >= 4 is 45.5 Å². The van der Waals surface area contributed by atoms with E-state index in [9.17, 15) is 19.7 Å². The second kappa shape index (κ2) is 8.46. The zero-order valence-corrected chi connectivity index (χ0v) is 17.7. The van der Waals surface area contributed by atoms with Crippen molar-refractivity contribution in [2.24, 2.45) is 4.99 Å². The van der Waals surface area contributed by atoms with Crippen molar-refractivity contribution < 1.29 is 28.7 Å². The summed E-state index contributed by atoms with van der Waals surface area (Å²) in [4.78, 5) is 38.3. The molecule has 0 amide bonds. The van der Waals surface area contributed by atoms with Crippen LogP contribution < -0.4 is 9.47 Å². The molecule has 0 saturated carbocycles. The fourth-order valence-corrected chi connectivity index (χ4v) is 3.24. The Morgan fingerprint density at radius 3 is 2.67 bits per heavy atom. The summed E-state index contributed by atoms with van der Waals surface area (Å²) in [5.74, 6) is -0.765. The number of carbonyl (C=O) groups excluding carboxylic acids is 2. The molecule has 9 nitrogen and oxygen atoms in total. The smallest absolute Gasteiger partial charge is 0.363 e. The molecule has 0 N–H and O–H groups in total. The molecule has 2 aromatic rings. The summed E-state index contributed by atoms with van der Waals surface area (Å²) in [6.45, 7) is 2.88. The molecule has 0 saturated heterocycles. The van der Waals surface area contributed by atoms with Crippen LogP contribution in [0.4, 0.5) is 5.69 Å². The number of methoxy groups -OCH3 is 1. The lowest BCUT2D eigenvalue weighted by atomic mass is 10.1. The lowest BCUT2D eigenvalue weighted by Gasteiger charge is -2.11. The van der Waals surface area contributed by atoms with Gasteiger partial charge >= 0.3 is 11.9 Å². The van der Waals surface area contributed by atoms with Gasteiger partial charge in [0.1, 0.15) is 0 Å². The molecule has 1 aliphatic heterocycles. The average Bonchev–Trinajstić information content (AvgIpc) is 3.04. The molecule has 10 heteroatoms. The minimum absolute atomic E-state index is 0.00224. The number of hydrogen-bond donors (Lipinski definition) is 0. The van der Waals surface area contributed by atoms with Crippen molar-refractivity contribution in [3.05, 3.63) is 67.3 Å². The van der Waals surface area contributed by atoms with Gasteiger partial charge in [-0.05, 0) is 52.7 Å². The summed E-state index contributed by atoms with van der Waals surface area (Å²) in [5, 5.41) is 11.1. The van der Waals surface area contributed by atoms with E-state index < -0.39 is 16.9 Å². The summed E-state index contributed by atoms with van der Waals surface area (Å²) in [6.07, 6.45) is 1.46. The summed E-state index contributed by atoms with van der Waals surface area (Å²) in [5.41, 5.74) is 1.23. The van der Waals surface area contributed by atoms with E-state index in [0.717, 1.165) is 0 Å². The first kappa shape index (κ1) is 21.2. The minimum atomic E-state index is -0.702. The highest BCUT2D eigenvalue weighted by Gasteiger charge is 2.26. The van der Waals surface area contributed by atoms with Crippen molar-refractivity contribution in [1.29, 1.82) is 0 Å². The Morgan fingerprint density at radius 2 is 2.03 bits per heavy atom. The van der Waals surface area contributed by atoms with Gasteiger partial charge in [-0.1, -0.05) is 6.07 Å². The molecular weight excluding hydrogens is 460 g/mol. The monoisotopic (exact) mass is 474 g/mol. The van der Waals surface area contributed by atoms with E-state index in [1.807, 2.05) is 0 Å². The van der Waals surface area contributed by atoms with Crippen molar-refractivity contribution in [2.75, 3.05) is 7.11 Å². The number of ether oxygens (including phenoxy) is 3. The maximum Gasteiger partial charge on any atom is 0.363 e. The number of halogens is 1. The topological polar surface area (TPSA) is 117 Å². The molecule has 3 rings (SSSR count). The van der Waals surface area contributed by atoms with E-state index in [1.165, 1.54) is 26.2 Å². The number of benzene rings is 2. The molecule has 30 heavy (non-hydrogen) atoms. The van der Waals surface area contributed by atoms with Crippen molar-refractivity contribution in [2.45, 2.75) is 13.8 Å². The van der Waals surface area contributed by atoms with Crippen LogP contribution in [0.15, 0.2) is 45.5 Å². The van der Waals surface area contributed by atoms with Gasteiger partial charge in [-0.25, -0.2) is 9.79 Å². The third-order valence-corrected chi connectivity index (χ3v) is 4.66. The summed E-state index contributed by atoms with van der Waals surface area (Å²) in [7, 11) is 1.41. The lowest BCUT2D eigenvalue weighted by Crippen LogP contribution is -2.06. The second-order valence-corrected chi connectivity index (χ2v) is 7.08. The van der Waals surface area contributed by atoms with E-state index in [2.05, 4.69) is 20.9 Å². The quantitative estimate of drug-likeness (QED) is 0.211. The van der Waals surface area contributed by atoms with Crippen LogP contribution in [0.1, 0.15) is 23.6 Å². The lowest BCUT2D eigenvalue weighted by molar-refractivity contribution is -0.385. The predicted octanol–water partition coefficient (Wildman–Crippen LogP) is 3.94. The Hall–Kier alpha value is -3.53. The Balaban J connectivity index is 1.99. The van der Waals surface area contributed by atoms with Crippen molar-refractivity contribution in [1.82, 2.24) is 0 Å². The molecule has 154 valence electrons. The van der Waals surface area contributed by atoms with Crippen LogP contribution in [-0.2, 0) is 14.3 Å². The van der Waals surface area contributed by atoms with Crippen LogP contribution in [0.2, 0.25) is 0 Å². The van der Waals surface area contributed by atoms with E-state index >= 15 is 0 Å². The van der Waals surface area contributed by atoms with Gasteiger partial charge in [0.05, 0.1) is 16.5 Å². The zero-order chi connectivity index (χ0) is 22.0. The number of cyclic esters (lactones) is 1. The van der Waals surface area contributed by atoms with E-state index in [4.69, 9.17) is 14.2 Å². The van der Waals surface area contributed by atoms with Crippen molar-refractivity contribution in [3.8, 4) is 11.5 Å². The van der Waals surface area contributed by atoms with Crippen molar-refractivity contribution in [3.63, 3.8) is 0 Å². The molecule has 1 aliphatic rings. The molecule has 0 unspecified atom stereocenters. The summed E-state index contributed by atoms with van der Waals surface area (Å²) < 4.78 is 16.0. The first-order valence-electron chi connectivity index (χ1n) is 8.53. The zero-order valence-electron chi connectivity index (χ0n) is 16.1. The van der Waals surface area contributed by atoms with Crippen LogP contribution in [0.5, 0.6) is 11.5 Å². The van der Waals surface area contributed by atoms with Gasteiger partial charge in [0.15, 0.2) is 17.2 Å². The fourth-order valence-electron chi connectivity index (χ4n) is 2.70. The fraction of sp³-hybridized carbons (Fsp3) is 0.150. The molecule has 0 aromatic heterocycles. The number of nitro benzene ring substituents is 1. The molecule has 1 heterocycles. The maximum atomic E-state index is 12.2. The Bertz CT molecular complexity index is 1140. The molecule has 0 fully saturated rings. The maximum absolute atomic E-state index is 12.2. The third kappa shape index (κ3) is 4.38. The van der Waals surface area contributed by atoms with Gasteiger partial charge < -0.3 is 14.2 Å². The average molecular weight is 475 g/mol. The highest BCUT2D eigenvalue weighted by Crippen LogP contribution is 2.37. The minimum Gasteiger partial charge on any atom is -0.493 e. The van der Waals surface area contributed by atoms with Gasteiger partial charge in [0.2, 0.25) is 5.90 Å². The molecular formula is C20H15BrN2O7. The molecule has 0 atom stereocenters. The SMILES string of the molecule is COc1cc(C=C2N=C(c3ccc(C)c([N+](=O)[O-])c3)OC2=O)cc(Br)c1OC(C)=O. The molecule has 0 radical (unpaired) electrons. The van der Waals surface area contributed by atoms with Crippen LogP contribution in [-0.4, -0.2) is 29.9 Å². The number of nitrogens with zero attached hydrogens (tertiary/aromatic N) is 2. The third-order valence-electron chi connectivity index (χ3n) is 4.07. The number of nitro groups is 1. The highest BCUT2D eigenvalue weighted by atomic mass is 79.9. The first-order valence-corrected chi connectivity index (χ1v) is 9.33. The molecule has 0 spiro atoms. The highest BCUT2D eigenvalue weighted by molar-refractivity contribution is 9.10. The Labute approximate surface area is 179 Å². The summed E-state index contributed by atoms with van der Waals surface area (Å²) >= 11 is 3.31. The Morgan fingerprint density at radius 1 is 1.30 bits per heavy atom. The standard InChI is InChI=1S/C20H15BrN2O7/c1-10-4-5-13(9-16(10)23(26)27)19-22-15(20(25)30-19)7-12-6-14(21)18(29-11(2)24)17(8-12)28-3/h4-9H,1-3H3. The van der Waals surface area contributed by atoms with Crippen LogP contribution >= 0.6 is 15.9 Å². The second-order valence-electron chi connectivity index (χ2n) is 6.22. The van der Waals surface area contributed by atoms with Crippen LogP contribution in [0.25, 0.3) is 6.08 Å². The van der Waals surface area contributed by atoms with E-state index in [1.54, 1.807) is 31.2 Å². The summed E-state index contributed by atoms with van der Waals surface area (Å²) in [6, 6.07) is 7.63. The van der Waals surface area contributed by atoms with Gasteiger partial charge in [-0.15, -0.1) is 0 Å². The number of hydrogen-bond acceptors (Lipinski definition) is 8. The van der Waals surface area contributed by atoms with Gasteiger partial charge in [-0.3, -0.25) is 14.9 Å². The van der Waals surface area contributed by atoms with Gasteiger partial charge in [0.25, 0.3) is 5.69 Å². The van der Waals surface area contributed by atoms with Crippen LogP contribution in [0.3, 0.4) is 0 Å². The Kier molecular flexibility index (Phi) is 5.97. The predicted molar refractivity (Wildman–Crippen MR) is 110 cm³/mol. The van der Waals surface area contributed by atoms with E-state index in [0.29, 0.717) is 21.2 Å². The number of rotatable bonds is 5. The first-order chi connectivity index (χ1) is 14.2. The largest absolute Gasteiger partial charge is 0.493 e. The van der Waals surface area contributed by atoms with E-state index in [-0.39, 0.29) is 28.8 Å².